The van der Waals surface area contributed by atoms with E-state index < -0.39 is 29.5 Å². The number of aryl methyl sites for hydroxylation is 1. The number of benzene rings is 2. The number of hydrogen-bond donors (Lipinski definition) is 0. The van der Waals surface area contributed by atoms with Gasteiger partial charge < -0.3 is 14.2 Å². The highest BCUT2D eigenvalue weighted by molar-refractivity contribution is 6.32. The highest BCUT2D eigenvalue weighted by Crippen LogP contribution is 2.42. The number of carbonyl (C=O) groups is 5. The maximum Gasteiger partial charge on any atom is 0.308 e. The van der Waals surface area contributed by atoms with Gasteiger partial charge in [-0.1, -0.05) is 6.07 Å². The molecule has 0 aromatic heterocycles. The number of ketones is 2. The third kappa shape index (κ3) is 3.52. The largest absolute Gasteiger partial charge is 0.426 e. The van der Waals surface area contributed by atoms with Crippen molar-refractivity contribution in [2.75, 3.05) is 0 Å². The SMILES string of the molecule is CC(=O)Oc1ccc(C)c2c1C(=O)c1c(OC(C)=O)ccc(OC(C)=O)c1C2=O. The van der Waals surface area contributed by atoms with Crippen molar-refractivity contribution in [3.8, 4) is 17.2 Å². The van der Waals surface area contributed by atoms with Crippen molar-refractivity contribution in [1.29, 1.82) is 0 Å². The van der Waals surface area contributed by atoms with Gasteiger partial charge in [-0.3, -0.25) is 24.0 Å². The van der Waals surface area contributed by atoms with Gasteiger partial charge in [0, 0.05) is 26.3 Å². The predicted octanol–water partition coefficient (Wildman–Crippen LogP) is 2.55. The highest BCUT2D eigenvalue weighted by atomic mass is 16.5. The van der Waals surface area contributed by atoms with E-state index in [4.69, 9.17) is 14.2 Å². The van der Waals surface area contributed by atoms with Gasteiger partial charge in [0.05, 0.1) is 16.7 Å². The van der Waals surface area contributed by atoms with E-state index in [0.717, 1.165) is 13.8 Å². The fourth-order valence-electron chi connectivity index (χ4n) is 3.19. The summed E-state index contributed by atoms with van der Waals surface area (Å²) in [6.07, 6.45) is 0. The summed E-state index contributed by atoms with van der Waals surface area (Å²) in [4.78, 5) is 61.1. The molecule has 2 aromatic rings. The van der Waals surface area contributed by atoms with Crippen LogP contribution in [0.1, 0.15) is 58.2 Å². The molecule has 0 fully saturated rings. The summed E-state index contributed by atoms with van der Waals surface area (Å²) in [6, 6.07) is 5.48. The molecule has 148 valence electrons. The van der Waals surface area contributed by atoms with Crippen LogP contribution < -0.4 is 14.2 Å². The third-order valence-electron chi connectivity index (χ3n) is 4.17. The van der Waals surface area contributed by atoms with Gasteiger partial charge in [-0.15, -0.1) is 0 Å². The first kappa shape index (κ1) is 19.9. The Balaban J connectivity index is 2.36. The molecule has 0 N–H and O–H groups in total. The number of ether oxygens (including phenoxy) is 3. The first-order valence-corrected chi connectivity index (χ1v) is 8.57. The quantitative estimate of drug-likeness (QED) is 0.490. The Hall–Kier alpha value is -3.81. The van der Waals surface area contributed by atoms with Crippen molar-refractivity contribution in [2.45, 2.75) is 27.7 Å². The van der Waals surface area contributed by atoms with Crippen LogP contribution in [-0.4, -0.2) is 29.5 Å². The van der Waals surface area contributed by atoms with Crippen LogP contribution in [0.4, 0.5) is 0 Å². The molecular formula is C21H16O8. The lowest BCUT2D eigenvalue weighted by atomic mass is 9.80. The Morgan fingerprint density at radius 2 is 0.897 bits per heavy atom. The van der Waals surface area contributed by atoms with Crippen LogP contribution in [0.15, 0.2) is 24.3 Å². The van der Waals surface area contributed by atoms with Gasteiger partial charge >= 0.3 is 17.9 Å². The van der Waals surface area contributed by atoms with Gasteiger partial charge in [-0.25, -0.2) is 0 Å². The van der Waals surface area contributed by atoms with E-state index in [9.17, 15) is 24.0 Å². The number of rotatable bonds is 3. The Morgan fingerprint density at radius 3 is 1.28 bits per heavy atom. The summed E-state index contributed by atoms with van der Waals surface area (Å²) in [5.74, 6) is -3.77. The number of esters is 3. The Morgan fingerprint density at radius 1 is 0.586 bits per heavy atom. The second-order valence-corrected chi connectivity index (χ2v) is 6.38. The zero-order chi connectivity index (χ0) is 21.5. The van der Waals surface area contributed by atoms with Crippen molar-refractivity contribution >= 4 is 29.5 Å². The van der Waals surface area contributed by atoms with Crippen LogP contribution in [0.2, 0.25) is 0 Å². The van der Waals surface area contributed by atoms with Crippen molar-refractivity contribution in [3.05, 3.63) is 52.1 Å². The van der Waals surface area contributed by atoms with Crippen molar-refractivity contribution < 1.29 is 38.2 Å². The Labute approximate surface area is 165 Å². The lowest BCUT2D eigenvalue weighted by molar-refractivity contribution is -0.133. The van der Waals surface area contributed by atoms with Gasteiger partial charge in [0.1, 0.15) is 17.2 Å². The van der Waals surface area contributed by atoms with Gasteiger partial charge in [0.25, 0.3) is 0 Å². The summed E-state index contributed by atoms with van der Waals surface area (Å²) < 4.78 is 15.3. The first-order chi connectivity index (χ1) is 13.6. The molecule has 3 rings (SSSR count). The highest BCUT2D eigenvalue weighted by Gasteiger charge is 2.39. The van der Waals surface area contributed by atoms with Crippen LogP contribution in [0.3, 0.4) is 0 Å². The molecular weight excluding hydrogens is 380 g/mol. The van der Waals surface area contributed by atoms with Gasteiger partial charge in [-0.05, 0) is 30.7 Å². The lowest BCUT2D eigenvalue weighted by Crippen LogP contribution is -2.26. The summed E-state index contributed by atoms with van der Waals surface area (Å²) in [7, 11) is 0. The maximum atomic E-state index is 13.4. The standard InChI is InChI=1S/C21H16O8/c1-9-5-6-13(27-10(2)22)17-16(9)20(25)18-14(28-11(3)23)7-8-15(29-12(4)24)19(18)21(17)26/h5-8H,1-4H3. The Bertz CT molecular complexity index is 1110. The molecule has 0 saturated heterocycles. The van der Waals surface area contributed by atoms with Crippen molar-refractivity contribution in [2.24, 2.45) is 0 Å². The van der Waals surface area contributed by atoms with Crippen molar-refractivity contribution in [3.63, 3.8) is 0 Å². The van der Waals surface area contributed by atoms with E-state index in [1.165, 1.54) is 31.2 Å². The molecule has 29 heavy (non-hydrogen) atoms. The van der Waals surface area contributed by atoms with Crippen LogP contribution >= 0.6 is 0 Å². The van der Waals surface area contributed by atoms with Crippen LogP contribution in [-0.2, 0) is 14.4 Å². The minimum atomic E-state index is -0.706. The minimum absolute atomic E-state index is 0.0228. The zero-order valence-corrected chi connectivity index (χ0v) is 16.1. The van der Waals surface area contributed by atoms with E-state index in [2.05, 4.69) is 0 Å². The summed E-state index contributed by atoms with van der Waals surface area (Å²) in [5, 5.41) is 0. The number of fused-ring (bicyclic) bond motifs is 2. The molecule has 8 nitrogen and oxygen atoms in total. The molecule has 0 amide bonds. The smallest absolute Gasteiger partial charge is 0.308 e. The average Bonchev–Trinajstić information content (AvgIpc) is 2.60. The molecule has 0 atom stereocenters. The molecule has 0 radical (unpaired) electrons. The monoisotopic (exact) mass is 396 g/mol. The fraction of sp³-hybridized carbons (Fsp3) is 0.190. The second-order valence-electron chi connectivity index (χ2n) is 6.38. The van der Waals surface area contributed by atoms with Crippen molar-refractivity contribution in [1.82, 2.24) is 0 Å². The minimum Gasteiger partial charge on any atom is -0.426 e. The molecule has 2 aromatic carbocycles. The van der Waals surface area contributed by atoms with Crippen LogP contribution in [0, 0.1) is 6.92 Å². The number of carbonyl (C=O) groups excluding carboxylic acids is 5. The molecule has 0 aliphatic heterocycles. The van der Waals surface area contributed by atoms with E-state index in [0.29, 0.717) is 5.56 Å². The first-order valence-electron chi connectivity index (χ1n) is 8.57. The summed E-state index contributed by atoms with van der Waals surface area (Å²) in [6.45, 7) is 5.08. The van der Waals surface area contributed by atoms with Gasteiger partial charge in [0.2, 0.25) is 5.78 Å². The third-order valence-corrected chi connectivity index (χ3v) is 4.17. The molecule has 1 aliphatic carbocycles. The Kier molecular flexibility index (Phi) is 5.02. The number of hydrogen-bond acceptors (Lipinski definition) is 8. The summed E-state index contributed by atoms with van der Waals surface area (Å²) in [5.41, 5.74) is -0.0674. The van der Waals surface area contributed by atoms with E-state index in [-0.39, 0.29) is 39.5 Å². The normalized spacial score (nSPS) is 12.0. The van der Waals surface area contributed by atoms with E-state index in [1.54, 1.807) is 6.92 Å². The van der Waals surface area contributed by atoms with Crippen LogP contribution in [0.5, 0.6) is 17.2 Å². The van der Waals surface area contributed by atoms with Crippen LogP contribution in [0.25, 0.3) is 0 Å². The fourth-order valence-corrected chi connectivity index (χ4v) is 3.19. The topological polar surface area (TPSA) is 113 Å². The molecule has 0 bridgehead atoms. The van der Waals surface area contributed by atoms with Gasteiger partial charge in [0.15, 0.2) is 5.78 Å². The predicted molar refractivity (Wildman–Crippen MR) is 98.4 cm³/mol. The van der Waals surface area contributed by atoms with Gasteiger partial charge in [-0.2, -0.15) is 0 Å². The lowest BCUT2D eigenvalue weighted by Gasteiger charge is -2.24. The molecule has 8 heteroatoms. The average molecular weight is 396 g/mol. The maximum absolute atomic E-state index is 13.4. The van der Waals surface area contributed by atoms with E-state index in [1.807, 2.05) is 0 Å². The molecule has 0 saturated carbocycles. The van der Waals surface area contributed by atoms with E-state index >= 15 is 0 Å². The molecule has 0 heterocycles. The molecule has 0 spiro atoms. The molecule has 0 unspecified atom stereocenters. The molecule has 1 aliphatic rings. The second kappa shape index (κ2) is 7.31. The zero-order valence-electron chi connectivity index (χ0n) is 16.1. The summed E-state index contributed by atoms with van der Waals surface area (Å²) >= 11 is 0.